The van der Waals surface area contributed by atoms with Gasteiger partial charge in [-0.1, -0.05) is 6.92 Å². The van der Waals surface area contributed by atoms with Gasteiger partial charge in [-0.3, -0.25) is 4.98 Å². The van der Waals surface area contributed by atoms with Crippen molar-refractivity contribution in [1.82, 2.24) is 25.7 Å². The van der Waals surface area contributed by atoms with Crippen molar-refractivity contribution in [1.29, 1.82) is 0 Å². The number of nitrogens with zero attached hydrogens (tertiary/aromatic N) is 3. The maximum atomic E-state index is 5.69. The normalized spacial score (nSPS) is 12.6. The van der Waals surface area contributed by atoms with Crippen molar-refractivity contribution in [3.63, 3.8) is 0 Å². The second-order valence-electron chi connectivity index (χ2n) is 4.90. The Labute approximate surface area is 119 Å². The first-order valence-electron chi connectivity index (χ1n) is 6.91. The van der Waals surface area contributed by atoms with Gasteiger partial charge in [0, 0.05) is 6.20 Å². The molecule has 2 aromatic rings. The highest BCUT2D eigenvalue weighted by atomic mass is 16.5. The van der Waals surface area contributed by atoms with Crippen LogP contribution in [0.5, 0.6) is 5.75 Å². The lowest BCUT2D eigenvalue weighted by molar-refractivity contribution is 0.241. The third kappa shape index (κ3) is 3.77. The Kier molecular flexibility index (Phi) is 5.06. The molecule has 0 spiro atoms. The first-order chi connectivity index (χ1) is 9.70. The fraction of sp³-hybridized carbons (Fsp3) is 0.500. The number of nitrogens with one attached hydrogen (secondary N) is 2. The van der Waals surface area contributed by atoms with E-state index in [9.17, 15) is 0 Å². The molecular formula is C14H21N5O. The third-order valence-electron chi connectivity index (χ3n) is 2.77. The maximum Gasteiger partial charge on any atom is 0.138 e. The molecule has 2 aromatic heterocycles. The zero-order chi connectivity index (χ0) is 14.4. The van der Waals surface area contributed by atoms with Crippen LogP contribution in [0.1, 0.15) is 44.5 Å². The molecule has 0 saturated carbocycles. The van der Waals surface area contributed by atoms with Gasteiger partial charge in [0.15, 0.2) is 0 Å². The van der Waals surface area contributed by atoms with E-state index >= 15 is 0 Å². The van der Waals surface area contributed by atoms with Crippen LogP contribution in [0, 0.1) is 0 Å². The monoisotopic (exact) mass is 275 g/mol. The van der Waals surface area contributed by atoms with Gasteiger partial charge in [0.25, 0.3) is 0 Å². The summed E-state index contributed by atoms with van der Waals surface area (Å²) in [7, 11) is 0. The average Bonchev–Trinajstić information content (AvgIpc) is 2.93. The van der Waals surface area contributed by atoms with E-state index in [1.807, 2.05) is 26.1 Å². The molecule has 6 nitrogen and oxygen atoms in total. The number of aromatic amines is 1. The highest BCUT2D eigenvalue weighted by Gasteiger charge is 2.17. The van der Waals surface area contributed by atoms with Gasteiger partial charge >= 0.3 is 0 Å². The highest BCUT2D eigenvalue weighted by Crippen LogP contribution is 2.23. The number of aromatic nitrogens is 4. The smallest absolute Gasteiger partial charge is 0.138 e. The number of ether oxygens (including phenoxy) is 1. The lowest BCUT2D eigenvalue weighted by Crippen LogP contribution is -2.23. The molecule has 20 heavy (non-hydrogen) atoms. The van der Waals surface area contributed by atoms with Crippen LogP contribution in [0.25, 0.3) is 0 Å². The fourth-order valence-corrected chi connectivity index (χ4v) is 1.96. The lowest BCUT2D eigenvalue weighted by Gasteiger charge is -2.17. The largest absolute Gasteiger partial charge is 0.489 e. The van der Waals surface area contributed by atoms with Crippen molar-refractivity contribution in [3.8, 4) is 5.75 Å². The summed E-state index contributed by atoms with van der Waals surface area (Å²) in [5.74, 6) is 0.768. The SMILES string of the molecule is CCCNC(c1cncc(OC(C)C)c1)c1cn[nH]n1. The van der Waals surface area contributed by atoms with E-state index in [1.54, 1.807) is 12.4 Å². The molecule has 0 aliphatic rings. The van der Waals surface area contributed by atoms with E-state index in [1.165, 1.54) is 0 Å². The molecule has 0 amide bonds. The van der Waals surface area contributed by atoms with Crippen LogP contribution in [-0.4, -0.2) is 33.0 Å². The van der Waals surface area contributed by atoms with Crippen LogP contribution in [0.4, 0.5) is 0 Å². The van der Waals surface area contributed by atoms with Crippen LogP contribution in [-0.2, 0) is 0 Å². The Morgan fingerprint density at radius 3 is 2.80 bits per heavy atom. The second kappa shape index (κ2) is 7.00. The molecule has 0 aromatic carbocycles. The molecule has 2 rings (SSSR count). The zero-order valence-electron chi connectivity index (χ0n) is 12.1. The molecule has 1 atom stereocenters. The molecule has 1 unspecified atom stereocenters. The minimum atomic E-state index is -0.0306. The molecule has 0 saturated heterocycles. The van der Waals surface area contributed by atoms with Gasteiger partial charge in [0.2, 0.25) is 0 Å². The summed E-state index contributed by atoms with van der Waals surface area (Å²) in [6, 6.07) is 1.96. The van der Waals surface area contributed by atoms with E-state index in [0.29, 0.717) is 0 Å². The van der Waals surface area contributed by atoms with E-state index < -0.39 is 0 Å². The van der Waals surface area contributed by atoms with Gasteiger partial charge in [0.1, 0.15) is 11.4 Å². The number of pyridine rings is 1. The lowest BCUT2D eigenvalue weighted by atomic mass is 10.1. The van der Waals surface area contributed by atoms with Crippen molar-refractivity contribution in [2.24, 2.45) is 0 Å². The summed E-state index contributed by atoms with van der Waals surface area (Å²) in [4.78, 5) is 4.25. The van der Waals surface area contributed by atoms with Crippen molar-refractivity contribution in [2.75, 3.05) is 6.54 Å². The Hall–Kier alpha value is -1.95. The summed E-state index contributed by atoms with van der Waals surface area (Å²) in [5.41, 5.74) is 1.87. The second-order valence-corrected chi connectivity index (χ2v) is 4.90. The summed E-state index contributed by atoms with van der Waals surface area (Å²) >= 11 is 0. The average molecular weight is 275 g/mol. The van der Waals surface area contributed by atoms with Crippen molar-refractivity contribution in [3.05, 3.63) is 35.9 Å². The van der Waals surface area contributed by atoms with Crippen LogP contribution in [0.2, 0.25) is 0 Å². The predicted molar refractivity (Wildman–Crippen MR) is 76.5 cm³/mol. The molecule has 0 aliphatic heterocycles. The quantitative estimate of drug-likeness (QED) is 0.809. The summed E-state index contributed by atoms with van der Waals surface area (Å²) < 4.78 is 5.69. The molecule has 0 radical (unpaired) electrons. The van der Waals surface area contributed by atoms with E-state index in [-0.39, 0.29) is 12.1 Å². The van der Waals surface area contributed by atoms with Gasteiger partial charge in [0.05, 0.1) is 24.5 Å². The zero-order valence-corrected chi connectivity index (χ0v) is 12.1. The van der Waals surface area contributed by atoms with Crippen molar-refractivity contribution >= 4 is 0 Å². The molecular weight excluding hydrogens is 254 g/mol. The highest BCUT2D eigenvalue weighted by molar-refractivity contribution is 5.30. The minimum absolute atomic E-state index is 0.0306. The van der Waals surface area contributed by atoms with Gasteiger partial charge in [-0.15, -0.1) is 0 Å². The Balaban J connectivity index is 2.24. The van der Waals surface area contributed by atoms with Crippen LogP contribution in [0.3, 0.4) is 0 Å². The first kappa shape index (κ1) is 14.5. The Morgan fingerprint density at radius 1 is 1.30 bits per heavy atom. The minimum Gasteiger partial charge on any atom is -0.489 e. The van der Waals surface area contributed by atoms with Crippen LogP contribution < -0.4 is 10.1 Å². The van der Waals surface area contributed by atoms with Gasteiger partial charge in [-0.05, 0) is 38.4 Å². The van der Waals surface area contributed by atoms with Gasteiger partial charge in [-0.25, -0.2) is 0 Å². The summed E-state index contributed by atoms with van der Waals surface area (Å²) in [5, 5.41) is 14.2. The van der Waals surface area contributed by atoms with Crippen LogP contribution >= 0.6 is 0 Å². The van der Waals surface area contributed by atoms with Crippen molar-refractivity contribution in [2.45, 2.75) is 39.3 Å². The number of rotatable bonds is 7. The van der Waals surface area contributed by atoms with E-state index in [2.05, 4.69) is 32.6 Å². The molecule has 108 valence electrons. The Bertz CT molecular complexity index is 512. The number of H-pyrrole nitrogens is 1. The maximum absolute atomic E-state index is 5.69. The van der Waals surface area contributed by atoms with Gasteiger partial charge in [-0.2, -0.15) is 15.4 Å². The third-order valence-corrected chi connectivity index (χ3v) is 2.77. The first-order valence-corrected chi connectivity index (χ1v) is 6.91. The Morgan fingerprint density at radius 2 is 2.15 bits per heavy atom. The number of hydrogen-bond donors (Lipinski definition) is 2. The molecule has 0 aliphatic carbocycles. The molecule has 0 bridgehead atoms. The number of hydrogen-bond acceptors (Lipinski definition) is 5. The van der Waals surface area contributed by atoms with Crippen LogP contribution in [0.15, 0.2) is 24.7 Å². The molecule has 0 fully saturated rings. The van der Waals surface area contributed by atoms with Gasteiger partial charge < -0.3 is 10.1 Å². The molecule has 6 heteroatoms. The standard InChI is InChI=1S/C14H21N5O/c1-4-5-16-14(13-9-17-19-18-13)11-6-12(8-15-7-11)20-10(2)3/h6-10,14,16H,4-5H2,1-3H3,(H,17,18,19). The molecule has 2 N–H and O–H groups in total. The topological polar surface area (TPSA) is 75.7 Å². The molecule has 2 heterocycles. The summed E-state index contributed by atoms with van der Waals surface area (Å²) in [6.07, 6.45) is 6.45. The predicted octanol–water partition coefficient (Wildman–Crippen LogP) is 2.08. The summed E-state index contributed by atoms with van der Waals surface area (Å²) in [6.45, 7) is 7.02. The van der Waals surface area contributed by atoms with E-state index in [0.717, 1.165) is 30.0 Å². The van der Waals surface area contributed by atoms with Crippen molar-refractivity contribution < 1.29 is 4.74 Å². The van der Waals surface area contributed by atoms with E-state index in [4.69, 9.17) is 4.74 Å². The fourth-order valence-electron chi connectivity index (χ4n) is 1.96.